The summed E-state index contributed by atoms with van der Waals surface area (Å²) in [5.74, 6) is 4.78. The zero-order valence-corrected chi connectivity index (χ0v) is 27.3. The van der Waals surface area contributed by atoms with Gasteiger partial charge in [0, 0.05) is 6.42 Å². The van der Waals surface area contributed by atoms with Crippen LogP contribution in [0.15, 0.2) is 0 Å². The van der Waals surface area contributed by atoms with Crippen LogP contribution in [0.1, 0.15) is 138 Å². The molecule has 0 saturated heterocycles. The maximum absolute atomic E-state index is 12.1. The number of carbonyl (C=O) groups is 1. The molecule has 1 N–H and O–H groups in total. The van der Waals surface area contributed by atoms with E-state index in [4.69, 9.17) is 4.74 Å². The van der Waals surface area contributed by atoms with E-state index < -0.39 is 0 Å². The Morgan fingerprint density at radius 3 is 2.35 bits per heavy atom. The number of rotatable bonds is 8. The summed E-state index contributed by atoms with van der Waals surface area (Å²) in [6, 6.07) is 0. The van der Waals surface area contributed by atoms with Gasteiger partial charge < -0.3 is 14.8 Å². The first kappa shape index (κ1) is 32.8. The maximum Gasteiger partial charge on any atom is 1.00 e. The first-order chi connectivity index (χ1) is 17.0. The van der Waals surface area contributed by atoms with Gasteiger partial charge in [-0.1, -0.05) is 40.0 Å². The average molecular weight is 693 g/mol. The summed E-state index contributed by atoms with van der Waals surface area (Å²) >= 11 is 0. The molecule has 0 heterocycles. The number of esters is 1. The van der Waals surface area contributed by atoms with Gasteiger partial charge in [-0.05, 0) is 138 Å². The Kier molecular flexibility index (Phi) is 12.7. The number of unbranched alkanes of at least 4 members (excludes halogenated alkanes) is 1. The van der Waals surface area contributed by atoms with E-state index >= 15 is 0 Å². The number of carbonyl (C=O) groups excluding carboxylic acids is 2. The van der Waals surface area contributed by atoms with Crippen molar-refractivity contribution in [2.75, 3.05) is 6.54 Å². The van der Waals surface area contributed by atoms with Crippen molar-refractivity contribution in [2.24, 2.45) is 40.4 Å². The molecule has 5 heteroatoms. The number of nitrogens with one attached hydrogen (secondary N) is 1. The Morgan fingerprint density at radius 2 is 1.68 bits per heavy atom. The molecule has 4 nitrogen and oxygen atoms in total. The van der Waals surface area contributed by atoms with Crippen molar-refractivity contribution in [3.05, 3.63) is 0 Å². The Balaban J connectivity index is 0.000000532. The summed E-state index contributed by atoms with van der Waals surface area (Å²) in [6.45, 7) is 14.1. The molecule has 0 aromatic heterocycles. The molecule has 7 unspecified atom stereocenters. The van der Waals surface area contributed by atoms with Crippen LogP contribution in [0.5, 0.6) is 0 Å². The molecule has 4 fully saturated rings. The van der Waals surface area contributed by atoms with Crippen molar-refractivity contribution in [1.29, 1.82) is 0 Å². The zero-order valence-electron chi connectivity index (χ0n) is 24.8. The average Bonchev–Trinajstić information content (AvgIpc) is 3.15. The predicted molar refractivity (Wildman–Crippen MR) is 148 cm³/mol. The molecule has 4 aliphatic carbocycles. The Bertz CT molecular complexity index is 721. The molecule has 37 heavy (non-hydrogen) atoms. The van der Waals surface area contributed by atoms with Crippen LogP contribution in [0, 0.1) is 40.4 Å². The van der Waals surface area contributed by atoms with Gasteiger partial charge in [-0.2, -0.15) is 6.41 Å². The fourth-order valence-electron chi connectivity index (χ4n) is 9.08. The SMILES string of the molecule is CC(C)(C)OC(=O)CCCC1CCC2C3CCC4CCCCC4(C)C3CCC12C.CCCCN[C-]=O.[Os+]. The third-order valence-electron chi connectivity index (χ3n) is 10.9. The fraction of sp³-hybridized carbons (Fsp3) is 0.938. The second-order valence-corrected chi connectivity index (χ2v) is 14.1. The van der Waals surface area contributed by atoms with Gasteiger partial charge in [0.2, 0.25) is 0 Å². The Labute approximate surface area is 241 Å². The zero-order chi connectivity index (χ0) is 26.4. The number of hydrogen-bond acceptors (Lipinski definition) is 3. The molecular weight excluding hydrogens is 637 g/mol. The largest absolute Gasteiger partial charge is 1.00 e. The van der Waals surface area contributed by atoms with Crippen molar-refractivity contribution in [2.45, 2.75) is 143 Å². The molecular formula is C32H56NO3Os. The van der Waals surface area contributed by atoms with Gasteiger partial charge in [0.05, 0.1) is 0 Å². The van der Waals surface area contributed by atoms with E-state index in [2.05, 4.69) is 26.1 Å². The van der Waals surface area contributed by atoms with Crippen molar-refractivity contribution in [3.63, 3.8) is 0 Å². The normalized spacial score (nSPS) is 36.4. The molecule has 0 spiro atoms. The number of amides is 1. The molecule has 0 aromatic carbocycles. The van der Waals surface area contributed by atoms with Crippen LogP contribution >= 0.6 is 0 Å². The van der Waals surface area contributed by atoms with Crippen LogP contribution in [0.4, 0.5) is 0 Å². The van der Waals surface area contributed by atoms with Gasteiger partial charge in [0.25, 0.3) is 0 Å². The monoisotopic (exact) mass is 694 g/mol. The Hall–Kier alpha value is -0.424. The first-order valence-electron chi connectivity index (χ1n) is 15.4. The van der Waals surface area contributed by atoms with E-state index in [0.29, 0.717) is 17.3 Å². The summed E-state index contributed by atoms with van der Waals surface area (Å²) < 4.78 is 5.53. The third-order valence-corrected chi connectivity index (χ3v) is 10.9. The summed E-state index contributed by atoms with van der Waals surface area (Å²) in [7, 11) is 0. The minimum Gasteiger partial charge on any atom is -0.530 e. The second-order valence-electron chi connectivity index (χ2n) is 14.1. The summed E-state index contributed by atoms with van der Waals surface area (Å²) in [5.41, 5.74) is 0.832. The fourth-order valence-corrected chi connectivity index (χ4v) is 9.08. The second kappa shape index (κ2) is 14.3. The topological polar surface area (TPSA) is 55.4 Å². The van der Waals surface area contributed by atoms with Gasteiger partial charge >= 0.3 is 25.8 Å². The standard InChI is InChI=1S/C27H46O2.C5H10NO.Os/c1-25(2,3)29-24(28)11-8-10-20-13-15-22-21-14-12-19-9-6-7-17-26(19,4)23(21)16-18-27(20,22)5;1-2-3-4-6-5-7;/h19-23H,6-18H2,1-5H3;2-4H2,1H3,(H,6,7);/q;-1;+1. The number of hydrogen-bond donors (Lipinski definition) is 1. The molecule has 4 rings (SSSR count). The number of ether oxygens (including phenoxy) is 1. The van der Waals surface area contributed by atoms with Crippen LogP contribution in [0.2, 0.25) is 0 Å². The molecule has 0 bridgehead atoms. The molecule has 215 valence electrons. The minimum atomic E-state index is -0.353. The maximum atomic E-state index is 12.1. The van der Waals surface area contributed by atoms with Gasteiger partial charge in [-0.3, -0.25) is 4.79 Å². The quantitative estimate of drug-likeness (QED) is 0.122. The van der Waals surface area contributed by atoms with E-state index in [0.717, 1.165) is 55.4 Å². The van der Waals surface area contributed by atoms with Crippen molar-refractivity contribution in [1.82, 2.24) is 5.32 Å². The first-order valence-corrected chi connectivity index (χ1v) is 15.4. The minimum absolute atomic E-state index is 0. The van der Waals surface area contributed by atoms with Gasteiger partial charge in [0.15, 0.2) is 0 Å². The molecule has 4 aliphatic rings. The van der Waals surface area contributed by atoms with Crippen molar-refractivity contribution < 1.29 is 34.1 Å². The van der Waals surface area contributed by atoms with Crippen LogP contribution in [-0.2, 0) is 34.1 Å². The van der Waals surface area contributed by atoms with Crippen molar-refractivity contribution in [3.8, 4) is 0 Å². The van der Waals surface area contributed by atoms with E-state index in [1.54, 1.807) is 6.41 Å². The molecule has 0 aromatic rings. The smallest absolute Gasteiger partial charge is 0.530 e. The van der Waals surface area contributed by atoms with Crippen LogP contribution in [0.3, 0.4) is 0 Å². The van der Waals surface area contributed by atoms with E-state index in [9.17, 15) is 9.59 Å². The van der Waals surface area contributed by atoms with Crippen LogP contribution in [0.25, 0.3) is 0 Å². The van der Waals surface area contributed by atoms with Gasteiger partial charge in [-0.25, -0.2) is 0 Å². The third kappa shape index (κ3) is 8.05. The van der Waals surface area contributed by atoms with E-state index in [1.807, 2.05) is 20.8 Å². The van der Waals surface area contributed by atoms with Gasteiger partial charge in [0.1, 0.15) is 5.60 Å². The Morgan fingerprint density at radius 1 is 0.946 bits per heavy atom. The summed E-state index contributed by atoms with van der Waals surface area (Å²) in [4.78, 5) is 21.6. The van der Waals surface area contributed by atoms with Crippen LogP contribution in [-0.4, -0.2) is 24.5 Å². The van der Waals surface area contributed by atoms with E-state index in [1.165, 1.54) is 70.6 Å². The molecule has 4 saturated carbocycles. The summed E-state index contributed by atoms with van der Waals surface area (Å²) in [6.07, 6.45) is 21.4. The van der Waals surface area contributed by atoms with Crippen molar-refractivity contribution >= 4 is 12.4 Å². The van der Waals surface area contributed by atoms with E-state index in [-0.39, 0.29) is 31.4 Å². The van der Waals surface area contributed by atoms with Crippen LogP contribution < -0.4 is 5.32 Å². The molecule has 1 radical (unpaired) electrons. The molecule has 0 aliphatic heterocycles. The number of fused-ring (bicyclic) bond motifs is 5. The summed E-state index contributed by atoms with van der Waals surface area (Å²) in [5, 5.41) is 2.44. The van der Waals surface area contributed by atoms with Gasteiger partial charge in [-0.15, -0.1) is 0 Å². The predicted octanol–water partition coefficient (Wildman–Crippen LogP) is 7.99. The molecule has 1 amide bonds. The molecule has 7 atom stereocenters.